The van der Waals surface area contributed by atoms with Crippen LogP contribution in [0.15, 0.2) is 63.1 Å². The van der Waals surface area contributed by atoms with E-state index in [0.29, 0.717) is 9.73 Å². The maximum Gasteiger partial charge on any atom is 0.233 e. The van der Waals surface area contributed by atoms with Crippen LogP contribution in [0.5, 0.6) is 0 Å². The highest BCUT2D eigenvalue weighted by atomic mass is 32.2. The second kappa shape index (κ2) is 4.19. The third-order valence-electron chi connectivity index (χ3n) is 2.61. The Morgan fingerprint density at radius 1 is 0.944 bits per heavy atom. The summed E-state index contributed by atoms with van der Waals surface area (Å²) in [6.45, 7) is 0. The van der Waals surface area contributed by atoms with Crippen LogP contribution in [0.2, 0.25) is 0 Å². The molecule has 0 bridgehead atoms. The van der Waals surface area contributed by atoms with Crippen molar-refractivity contribution in [3.63, 3.8) is 0 Å². The van der Waals surface area contributed by atoms with E-state index in [1.54, 1.807) is 29.6 Å². The van der Waals surface area contributed by atoms with E-state index in [0.717, 1.165) is 5.39 Å². The van der Waals surface area contributed by atoms with E-state index in [-0.39, 0.29) is 5.03 Å². The number of aromatic nitrogens is 1. The molecule has 5 heteroatoms. The summed E-state index contributed by atoms with van der Waals surface area (Å²) in [5.74, 6) is 0. The Kier molecular flexibility index (Phi) is 2.65. The van der Waals surface area contributed by atoms with Gasteiger partial charge in [0.25, 0.3) is 0 Å². The third-order valence-corrected chi connectivity index (χ3v) is 5.66. The summed E-state index contributed by atoms with van der Waals surface area (Å²) in [6.07, 6.45) is 0. The molecule has 0 aliphatic rings. The van der Waals surface area contributed by atoms with Gasteiger partial charge in [-0.2, -0.15) is 0 Å². The lowest BCUT2D eigenvalue weighted by Gasteiger charge is -2.02. The van der Waals surface area contributed by atoms with Gasteiger partial charge in [0.2, 0.25) is 9.84 Å². The van der Waals surface area contributed by atoms with Gasteiger partial charge in [-0.05, 0) is 29.6 Å². The lowest BCUT2D eigenvalue weighted by atomic mass is 10.2. The monoisotopic (exact) mass is 275 g/mol. The average molecular weight is 275 g/mol. The number of hydrogen-bond donors (Lipinski definition) is 0. The van der Waals surface area contributed by atoms with Crippen LogP contribution in [0.1, 0.15) is 0 Å². The van der Waals surface area contributed by atoms with Gasteiger partial charge in [0, 0.05) is 5.39 Å². The van der Waals surface area contributed by atoms with E-state index < -0.39 is 9.84 Å². The Labute approximate surface area is 109 Å². The van der Waals surface area contributed by atoms with Gasteiger partial charge in [-0.1, -0.05) is 24.3 Å². The molecule has 0 amide bonds. The molecular weight excluding hydrogens is 266 g/mol. The van der Waals surface area contributed by atoms with Crippen molar-refractivity contribution in [2.75, 3.05) is 0 Å². The summed E-state index contributed by atoms with van der Waals surface area (Å²) in [5, 5.41) is 2.78. The Morgan fingerprint density at radius 3 is 2.56 bits per heavy atom. The third kappa shape index (κ3) is 1.81. The van der Waals surface area contributed by atoms with Crippen LogP contribution in [-0.4, -0.2) is 13.4 Å². The smallest absolute Gasteiger partial charge is 0.233 e. The summed E-state index contributed by atoms with van der Waals surface area (Å²) in [7, 11) is -3.48. The van der Waals surface area contributed by atoms with Gasteiger partial charge >= 0.3 is 0 Å². The number of benzene rings is 1. The van der Waals surface area contributed by atoms with Gasteiger partial charge < -0.3 is 0 Å². The van der Waals surface area contributed by atoms with E-state index in [9.17, 15) is 8.42 Å². The number of fused-ring (bicyclic) bond motifs is 1. The summed E-state index contributed by atoms with van der Waals surface area (Å²) in [5.41, 5.74) is 0.690. The molecule has 0 radical (unpaired) electrons. The number of para-hydroxylation sites is 1. The van der Waals surface area contributed by atoms with Crippen LogP contribution in [-0.2, 0) is 9.84 Å². The fraction of sp³-hybridized carbons (Fsp3) is 0. The Hall–Kier alpha value is -1.72. The van der Waals surface area contributed by atoms with E-state index in [4.69, 9.17) is 0 Å². The number of pyridine rings is 1. The second-order valence-electron chi connectivity index (χ2n) is 3.78. The largest absolute Gasteiger partial charge is 0.236 e. The maximum atomic E-state index is 12.3. The normalized spacial score (nSPS) is 11.8. The number of rotatable bonds is 2. The predicted molar refractivity (Wildman–Crippen MR) is 71.5 cm³/mol. The first-order valence-corrected chi connectivity index (χ1v) is 7.68. The standard InChI is InChI=1S/C13H9NO2S2/c15-18(16,13-6-3-9-17-13)12-8-7-10-4-1-2-5-11(10)14-12/h1-9H. The Bertz CT molecular complexity index is 793. The van der Waals surface area contributed by atoms with Crippen LogP contribution in [0.4, 0.5) is 0 Å². The topological polar surface area (TPSA) is 47.0 Å². The molecule has 0 spiro atoms. The van der Waals surface area contributed by atoms with Crippen LogP contribution >= 0.6 is 11.3 Å². The molecule has 0 atom stereocenters. The fourth-order valence-electron chi connectivity index (χ4n) is 1.72. The first-order valence-electron chi connectivity index (χ1n) is 5.32. The number of sulfone groups is 1. The van der Waals surface area contributed by atoms with Crippen LogP contribution in [0.3, 0.4) is 0 Å². The zero-order valence-corrected chi connectivity index (χ0v) is 10.9. The molecule has 90 valence electrons. The molecule has 0 N–H and O–H groups in total. The van der Waals surface area contributed by atoms with Crippen molar-refractivity contribution in [1.29, 1.82) is 0 Å². The Morgan fingerprint density at radius 2 is 1.78 bits per heavy atom. The van der Waals surface area contributed by atoms with Gasteiger partial charge in [0.1, 0.15) is 4.21 Å². The van der Waals surface area contributed by atoms with Crippen molar-refractivity contribution < 1.29 is 8.42 Å². The lowest BCUT2D eigenvalue weighted by molar-refractivity contribution is 0.595. The Balaban J connectivity index is 2.21. The first-order chi connectivity index (χ1) is 8.68. The molecule has 0 unspecified atom stereocenters. The van der Waals surface area contributed by atoms with E-state index in [1.165, 1.54) is 11.3 Å². The summed E-state index contributed by atoms with van der Waals surface area (Å²) in [6, 6.07) is 14.1. The fourth-order valence-corrected chi connectivity index (χ4v) is 4.02. The second-order valence-corrected chi connectivity index (χ2v) is 6.85. The number of thiophene rings is 1. The van der Waals surface area contributed by atoms with Crippen molar-refractivity contribution in [1.82, 2.24) is 4.98 Å². The molecule has 2 aromatic heterocycles. The highest BCUT2D eigenvalue weighted by molar-refractivity contribution is 7.93. The number of nitrogens with zero attached hydrogens (tertiary/aromatic N) is 1. The lowest BCUT2D eigenvalue weighted by Crippen LogP contribution is -2.02. The molecule has 1 aromatic carbocycles. The first kappa shape index (κ1) is 11.4. The minimum Gasteiger partial charge on any atom is -0.236 e. The molecule has 3 aromatic rings. The van der Waals surface area contributed by atoms with Crippen LogP contribution < -0.4 is 0 Å². The number of hydrogen-bond acceptors (Lipinski definition) is 4. The van der Waals surface area contributed by atoms with Gasteiger partial charge in [-0.15, -0.1) is 11.3 Å². The van der Waals surface area contributed by atoms with Gasteiger partial charge in [-0.3, -0.25) is 0 Å². The maximum absolute atomic E-state index is 12.3. The minimum atomic E-state index is -3.48. The molecule has 0 saturated heterocycles. The molecule has 18 heavy (non-hydrogen) atoms. The van der Waals surface area contributed by atoms with Crippen LogP contribution in [0.25, 0.3) is 10.9 Å². The zero-order valence-electron chi connectivity index (χ0n) is 9.28. The highest BCUT2D eigenvalue weighted by Gasteiger charge is 2.20. The quantitative estimate of drug-likeness (QED) is 0.722. The summed E-state index contributed by atoms with van der Waals surface area (Å²) >= 11 is 1.20. The molecule has 0 aliphatic carbocycles. The SMILES string of the molecule is O=S(=O)(c1ccc2ccccc2n1)c1cccs1. The average Bonchev–Trinajstić information content (AvgIpc) is 2.92. The molecule has 3 rings (SSSR count). The molecule has 0 aliphatic heterocycles. The molecular formula is C13H9NO2S2. The van der Waals surface area contributed by atoms with E-state index in [1.807, 2.05) is 24.3 Å². The molecule has 0 fully saturated rings. The molecule has 3 nitrogen and oxygen atoms in total. The minimum absolute atomic E-state index is 0.101. The van der Waals surface area contributed by atoms with Crippen molar-refractivity contribution >= 4 is 32.1 Å². The van der Waals surface area contributed by atoms with Gasteiger partial charge in [-0.25, -0.2) is 13.4 Å². The van der Waals surface area contributed by atoms with Crippen molar-refractivity contribution in [2.45, 2.75) is 9.24 Å². The van der Waals surface area contributed by atoms with Crippen molar-refractivity contribution in [2.24, 2.45) is 0 Å². The van der Waals surface area contributed by atoms with Crippen molar-refractivity contribution in [3.8, 4) is 0 Å². The zero-order chi connectivity index (χ0) is 12.6. The van der Waals surface area contributed by atoms with Gasteiger partial charge in [0.15, 0.2) is 5.03 Å². The summed E-state index contributed by atoms with van der Waals surface area (Å²) < 4.78 is 24.9. The van der Waals surface area contributed by atoms with E-state index >= 15 is 0 Å². The van der Waals surface area contributed by atoms with Gasteiger partial charge in [0.05, 0.1) is 5.52 Å². The van der Waals surface area contributed by atoms with Crippen LogP contribution in [0, 0.1) is 0 Å². The predicted octanol–water partition coefficient (Wildman–Crippen LogP) is 3.13. The van der Waals surface area contributed by atoms with Crippen molar-refractivity contribution in [3.05, 3.63) is 53.9 Å². The highest BCUT2D eigenvalue weighted by Crippen LogP contribution is 2.24. The molecule has 0 saturated carbocycles. The van der Waals surface area contributed by atoms with E-state index in [2.05, 4.69) is 4.98 Å². The molecule has 2 heterocycles. The summed E-state index contributed by atoms with van der Waals surface area (Å²) in [4.78, 5) is 4.22.